The summed E-state index contributed by atoms with van der Waals surface area (Å²) in [4.78, 5) is 14.8. The molecule has 0 radical (unpaired) electrons. The normalized spacial score (nSPS) is 18.1. The lowest BCUT2D eigenvalue weighted by molar-refractivity contribution is 0.0761. The van der Waals surface area contributed by atoms with Crippen molar-refractivity contribution < 1.29 is 9.53 Å². The Labute approximate surface area is 143 Å². The Morgan fingerprint density at radius 2 is 1.83 bits per heavy atom. The number of benzene rings is 2. The van der Waals surface area contributed by atoms with Gasteiger partial charge in [-0.2, -0.15) is 0 Å². The summed E-state index contributed by atoms with van der Waals surface area (Å²) in [5, 5.41) is 0. The summed E-state index contributed by atoms with van der Waals surface area (Å²) >= 11 is 0. The molecule has 1 heterocycles. The highest BCUT2D eigenvalue weighted by molar-refractivity contribution is 5.95. The summed E-state index contributed by atoms with van der Waals surface area (Å²) in [6.07, 6.45) is 2.84. The summed E-state index contributed by atoms with van der Waals surface area (Å²) in [7, 11) is 1.66. The van der Waals surface area contributed by atoms with Gasteiger partial charge in [-0.05, 0) is 54.7 Å². The molecule has 0 aliphatic carbocycles. The number of likely N-dealkylation sites (tertiary alicyclic amines) is 1. The van der Waals surface area contributed by atoms with Crippen LogP contribution < -0.4 is 10.5 Å². The van der Waals surface area contributed by atoms with E-state index in [1.54, 1.807) is 7.11 Å². The van der Waals surface area contributed by atoms with E-state index in [0.717, 1.165) is 54.8 Å². The molecule has 2 aromatic carbocycles. The lowest BCUT2D eigenvalue weighted by Crippen LogP contribution is -2.32. The lowest BCUT2D eigenvalue weighted by atomic mass is 10.0. The predicted molar refractivity (Wildman–Crippen MR) is 96.2 cm³/mol. The van der Waals surface area contributed by atoms with Gasteiger partial charge in [0, 0.05) is 24.7 Å². The molecule has 1 fully saturated rings. The smallest absolute Gasteiger partial charge is 0.253 e. The SMILES string of the molecule is COc1cccc(-c2cccc(C(=O)N3CCC[C@H](N)CC3)c2)c1. The van der Waals surface area contributed by atoms with Gasteiger partial charge in [-0.25, -0.2) is 0 Å². The largest absolute Gasteiger partial charge is 0.497 e. The third kappa shape index (κ3) is 3.77. The molecule has 0 unspecified atom stereocenters. The van der Waals surface area contributed by atoms with Gasteiger partial charge in [-0.15, -0.1) is 0 Å². The molecule has 4 heteroatoms. The molecule has 126 valence electrons. The number of methoxy groups -OCH3 is 1. The van der Waals surface area contributed by atoms with Crippen LogP contribution >= 0.6 is 0 Å². The fraction of sp³-hybridized carbons (Fsp3) is 0.350. The van der Waals surface area contributed by atoms with E-state index in [0.29, 0.717) is 0 Å². The molecule has 0 bridgehead atoms. The minimum atomic E-state index is 0.0915. The van der Waals surface area contributed by atoms with Crippen LogP contribution in [0.25, 0.3) is 11.1 Å². The van der Waals surface area contributed by atoms with Crippen LogP contribution in [-0.2, 0) is 0 Å². The van der Waals surface area contributed by atoms with E-state index in [-0.39, 0.29) is 11.9 Å². The molecule has 0 saturated carbocycles. The average molecular weight is 324 g/mol. The third-order valence-corrected chi connectivity index (χ3v) is 4.57. The van der Waals surface area contributed by atoms with Crippen molar-refractivity contribution in [2.24, 2.45) is 5.73 Å². The minimum Gasteiger partial charge on any atom is -0.497 e. The second-order valence-electron chi connectivity index (χ2n) is 6.30. The molecule has 24 heavy (non-hydrogen) atoms. The molecular formula is C20H24N2O2. The minimum absolute atomic E-state index is 0.0915. The molecule has 1 saturated heterocycles. The fourth-order valence-electron chi connectivity index (χ4n) is 3.14. The molecular weight excluding hydrogens is 300 g/mol. The number of rotatable bonds is 3. The Kier molecular flexibility index (Phi) is 5.16. The number of hydrogen-bond acceptors (Lipinski definition) is 3. The molecule has 1 aliphatic rings. The lowest BCUT2D eigenvalue weighted by Gasteiger charge is -2.20. The van der Waals surface area contributed by atoms with Gasteiger partial charge in [0.2, 0.25) is 0 Å². The van der Waals surface area contributed by atoms with Crippen molar-refractivity contribution in [1.29, 1.82) is 0 Å². The van der Waals surface area contributed by atoms with E-state index in [1.165, 1.54) is 0 Å². The van der Waals surface area contributed by atoms with E-state index in [1.807, 2.05) is 53.4 Å². The number of nitrogens with two attached hydrogens (primary N) is 1. The van der Waals surface area contributed by atoms with E-state index in [4.69, 9.17) is 10.5 Å². The van der Waals surface area contributed by atoms with Gasteiger partial charge in [0.15, 0.2) is 0 Å². The summed E-state index contributed by atoms with van der Waals surface area (Å²) in [5.41, 5.74) is 8.80. The standard InChI is InChI=1S/C20H24N2O2/c1-24-19-9-3-6-16(14-19)15-5-2-7-17(13-15)20(23)22-11-4-8-18(21)10-12-22/h2-3,5-7,9,13-14,18H,4,8,10-12,21H2,1H3/t18-/m0/s1. The number of ether oxygens (including phenoxy) is 1. The van der Waals surface area contributed by atoms with Crippen LogP contribution in [0.3, 0.4) is 0 Å². The zero-order valence-electron chi connectivity index (χ0n) is 14.1. The quantitative estimate of drug-likeness (QED) is 0.942. The Morgan fingerprint density at radius 1 is 1.08 bits per heavy atom. The number of amides is 1. The van der Waals surface area contributed by atoms with Crippen molar-refractivity contribution in [1.82, 2.24) is 4.90 Å². The summed E-state index contributed by atoms with van der Waals surface area (Å²) in [6, 6.07) is 15.9. The monoisotopic (exact) mass is 324 g/mol. The van der Waals surface area contributed by atoms with Crippen molar-refractivity contribution >= 4 is 5.91 Å². The van der Waals surface area contributed by atoms with Crippen LogP contribution in [0, 0.1) is 0 Å². The van der Waals surface area contributed by atoms with Crippen LogP contribution in [0.4, 0.5) is 0 Å². The number of carbonyl (C=O) groups excluding carboxylic acids is 1. The second-order valence-corrected chi connectivity index (χ2v) is 6.30. The van der Waals surface area contributed by atoms with Crippen molar-refractivity contribution in [3.63, 3.8) is 0 Å². The molecule has 4 nitrogen and oxygen atoms in total. The number of carbonyl (C=O) groups is 1. The first kappa shape index (κ1) is 16.5. The van der Waals surface area contributed by atoms with Gasteiger partial charge < -0.3 is 15.4 Å². The Hall–Kier alpha value is -2.33. The van der Waals surface area contributed by atoms with Gasteiger partial charge in [0.1, 0.15) is 5.75 Å². The van der Waals surface area contributed by atoms with Gasteiger partial charge >= 0.3 is 0 Å². The van der Waals surface area contributed by atoms with Gasteiger partial charge in [0.05, 0.1) is 7.11 Å². The van der Waals surface area contributed by atoms with Crippen LogP contribution in [-0.4, -0.2) is 37.0 Å². The summed E-state index contributed by atoms with van der Waals surface area (Å²) in [5.74, 6) is 0.902. The zero-order valence-corrected chi connectivity index (χ0v) is 14.1. The maximum absolute atomic E-state index is 12.8. The predicted octanol–water partition coefficient (Wildman–Crippen LogP) is 3.32. The fourth-order valence-corrected chi connectivity index (χ4v) is 3.14. The van der Waals surface area contributed by atoms with Crippen LogP contribution in [0.2, 0.25) is 0 Å². The van der Waals surface area contributed by atoms with E-state index < -0.39 is 0 Å². The van der Waals surface area contributed by atoms with Gasteiger partial charge in [-0.3, -0.25) is 4.79 Å². The average Bonchev–Trinajstić information content (AvgIpc) is 2.86. The highest BCUT2D eigenvalue weighted by Crippen LogP contribution is 2.25. The molecule has 1 amide bonds. The second kappa shape index (κ2) is 7.49. The zero-order chi connectivity index (χ0) is 16.9. The Morgan fingerprint density at radius 3 is 2.62 bits per heavy atom. The molecule has 1 aliphatic heterocycles. The summed E-state index contributed by atoms with van der Waals surface area (Å²) in [6.45, 7) is 1.53. The molecule has 0 aromatic heterocycles. The Balaban J connectivity index is 1.83. The molecule has 2 N–H and O–H groups in total. The van der Waals surface area contributed by atoms with Crippen LogP contribution in [0.5, 0.6) is 5.75 Å². The topological polar surface area (TPSA) is 55.6 Å². The highest BCUT2D eigenvalue weighted by atomic mass is 16.5. The Bertz CT molecular complexity index is 714. The van der Waals surface area contributed by atoms with Crippen molar-refractivity contribution in [3.8, 4) is 16.9 Å². The molecule has 2 aromatic rings. The van der Waals surface area contributed by atoms with Crippen molar-refractivity contribution in [2.75, 3.05) is 20.2 Å². The van der Waals surface area contributed by atoms with Gasteiger partial charge in [-0.1, -0.05) is 24.3 Å². The van der Waals surface area contributed by atoms with Crippen molar-refractivity contribution in [3.05, 3.63) is 54.1 Å². The molecule has 0 spiro atoms. The molecule has 1 atom stereocenters. The number of nitrogens with zero attached hydrogens (tertiary/aromatic N) is 1. The molecule has 3 rings (SSSR count). The number of hydrogen-bond donors (Lipinski definition) is 1. The maximum Gasteiger partial charge on any atom is 0.253 e. The van der Waals surface area contributed by atoms with E-state index in [9.17, 15) is 4.79 Å². The van der Waals surface area contributed by atoms with E-state index in [2.05, 4.69) is 0 Å². The third-order valence-electron chi connectivity index (χ3n) is 4.57. The highest BCUT2D eigenvalue weighted by Gasteiger charge is 2.20. The van der Waals surface area contributed by atoms with Crippen molar-refractivity contribution in [2.45, 2.75) is 25.3 Å². The van der Waals surface area contributed by atoms with Gasteiger partial charge in [0.25, 0.3) is 5.91 Å². The van der Waals surface area contributed by atoms with E-state index >= 15 is 0 Å². The first-order chi connectivity index (χ1) is 11.7. The maximum atomic E-state index is 12.8. The summed E-state index contributed by atoms with van der Waals surface area (Å²) < 4.78 is 5.29. The first-order valence-corrected chi connectivity index (χ1v) is 8.47. The first-order valence-electron chi connectivity index (χ1n) is 8.47. The van der Waals surface area contributed by atoms with Crippen LogP contribution in [0.1, 0.15) is 29.6 Å². The van der Waals surface area contributed by atoms with Crippen LogP contribution in [0.15, 0.2) is 48.5 Å².